The van der Waals surface area contributed by atoms with Gasteiger partial charge in [0, 0.05) is 18.8 Å². The molecule has 0 aliphatic carbocycles. The first kappa shape index (κ1) is 17.0. The van der Waals surface area contributed by atoms with Crippen LogP contribution in [0.4, 0.5) is 10.5 Å². The zero-order valence-electron chi connectivity index (χ0n) is 12.5. The van der Waals surface area contributed by atoms with E-state index in [1.165, 1.54) is 0 Å². The van der Waals surface area contributed by atoms with Crippen molar-refractivity contribution in [2.24, 2.45) is 0 Å². The quantitative estimate of drug-likeness (QED) is 0.703. The topological polar surface area (TPSA) is 81.7 Å². The summed E-state index contributed by atoms with van der Waals surface area (Å²) in [7, 11) is 0. The van der Waals surface area contributed by atoms with E-state index in [4.69, 9.17) is 0 Å². The lowest BCUT2D eigenvalue weighted by atomic mass is 10.2. The van der Waals surface area contributed by atoms with Crippen molar-refractivity contribution in [3.8, 4) is 0 Å². The summed E-state index contributed by atoms with van der Waals surface area (Å²) in [6, 6.07) is 8.83. The summed E-state index contributed by atoms with van der Waals surface area (Å²) in [6.07, 6.45) is 0.0730. The summed E-state index contributed by atoms with van der Waals surface area (Å²) in [6.45, 7) is 4.46. The van der Waals surface area contributed by atoms with Crippen LogP contribution >= 0.6 is 0 Å². The monoisotopic (exact) mass is 293 g/mol. The largest absolute Gasteiger partial charge is 0.391 e. The number of nitrogens with one attached hydrogen (secondary N) is 2. The van der Waals surface area contributed by atoms with Crippen LogP contribution in [0.1, 0.15) is 20.3 Å². The van der Waals surface area contributed by atoms with E-state index in [0.29, 0.717) is 19.5 Å². The molecule has 1 unspecified atom stereocenters. The number of imide groups is 1. The summed E-state index contributed by atoms with van der Waals surface area (Å²) in [4.78, 5) is 25.0. The molecule has 1 rings (SSSR count). The molecule has 3 N–H and O–H groups in total. The number of rotatable bonds is 7. The van der Waals surface area contributed by atoms with Gasteiger partial charge in [-0.25, -0.2) is 4.79 Å². The molecule has 21 heavy (non-hydrogen) atoms. The second-order valence-electron chi connectivity index (χ2n) is 4.69. The first-order valence-electron chi connectivity index (χ1n) is 7.12. The van der Waals surface area contributed by atoms with Crippen LogP contribution in [0.3, 0.4) is 0 Å². The summed E-state index contributed by atoms with van der Waals surface area (Å²) in [5.74, 6) is -0.409. The van der Waals surface area contributed by atoms with Crippen molar-refractivity contribution in [1.82, 2.24) is 10.6 Å². The third-order valence-electron chi connectivity index (χ3n) is 2.95. The van der Waals surface area contributed by atoms with Gasteiger partial charge in [0.15, 0.2) is 0 Å². The van der Waals surface area contributed by atoms with Crippen LogP contribution in [0.15, 0.2) is 30.3 Å². The van der Waals surface area contributed by atoms with Crippen LogP contribution in [0.2, 0.25) is 0 Å². The Morgan fingerprint density at radius 2 is 1.90 bits per heavy atom. The van der Waals surface area contributed by atoms with Crippen LogP contribution in [0.5, 0.6) is 0 Å². The Kier molecular flexibility index (Phi) is 7.25. The Hall–Kier alpha value is -2.08. The van der Waals surface area contributed by atoms with Gasteiger partial charge in [-0.1, -0.05) is 25.1 Å². The number of urea groups is 1. The fraction of sp³-hybridized carbons (Fsp3) is 0.467. The van der Waals surface area contributed by atoms with Gasteiger partial charge >= 0.3 is 6.03 Å². The molecule has 0 saturated heterocycles. The number of aliphatic hydroxyl groups is 1. The Morgan fingerprint density at radius 3 is 2.48 bits per heavy atom. The van der Waals surface area contributed by atoms with Crippen molar-refractivity contribution in [1.29, 1.82) is 0 Å². The molecule has 0 aromatic heterocycles. The predicted molar refractivity (Wildman–Crippen MR) is 82.2 cm³/mol. The summed E-state index contributed by atoms with van der Waals surface area (Å²) < 4.78 is 0. The van der Waals surface area contributed by atoms with Gasteiger partial charge in [-0.15, -0.1) is 0 Å². The number of benzene rings is 1. The number of nitrogens with zero attached hydrogens (tertiary/aromatic N) is 1. The summed E-state index contributed by atoms with van der Waals surface area (Å²) >= 11 is 0. The Balaban J connectivity index is 2.69. The van der Waals surface area contributed by atoms with E-state index in [1.54, 1.807) is 11.8 Å². The van der Waals surface area contributed by atoms with Gasteiger partial charge in [-0.05, 0) is 25.5 Å². The fourth-order valence-electron chi connectivity index (χ4n) is 1.83. The molecule has 0 fully saturated rings. The molecule has 0 heterocycles. The van der Waals surface area contributed by atoms with Crippen molar-refractivity contribution < 1.29 is 14.7 Å². The zero-order chi connectivity index (χ0) is 15.7. The smallest absolute Gasteiger partial charge is 0.321 e. The lowest BCUT2D eigenvalue weighted by Gasteiger charge is -2.26. The van der Waals surface area contributed by atoms with Crippen molar-refractivity contribution in [3.05, 3.63) is 30.3 Å². The molecule has 1 aromatic rings. The highest BCUT2D eigenvalue weighted by molar-refractivity contribution is 5.96. The number of para-hydroxylation sites is 1. The lowest BCUT2D eigenvalue weighted by Crippen LogP contribution is -2.46. The number of hydrogen-bond donors (Lipinski definition) is 3. The SMILES string of the molecule is CCNC(=O)NC(=O)CN(CC(O)CC)c1ccccc1. The fourth-order valence-corrected chi connectivity index (χ4v) is 1.83. The van der Waals surface area contributed by atoms with Gasteiger partial charge in [-0.2, -0.15) is 0 Å². The van der Waals surface area contributed by atoms with E-state index < -0.39 is 18.0 Å². The molecule has 1 aromatic carbocycles. The van der Waals surface area contributed by atoms with Crippen molar-refractivity contribution in [2.75, 3.05) is 24.5 Å². The van der Waals surface area contributed by atoms with Gasteiger partial charge in [0.2, 0.25) is 5.91 Å². The van der Waals surface area contributed by atoms with Crippen LogP contribution in [-0.2, 0) is 4.79 Å². The minimum atomic E-state index is -0.525. The Labute approximate surface area is 125 Å². The first-order chi connectivity index (χ1) is 10.1. The molecule has 0 bridgehead atoms. The maximum atomic E-state index is 11.9. The van der Waals surface area contributed by atoms with Crippen molar-refractivity contribution in [3.63, 3.8) is 0 Å². The average Bonchev–Trinajstić information content (AvgIpc) is 2.47. The van der Waals surface area contributed by atoms with Crippen LogP contribution in [-0.4, -0.2) is 42.8 Å². The third-order valence-corrected chi connectivity index (χ3v) is 2.95. The maximum absolute atomic E-state index is 11.9. The van der Waals surface area contributed by atoms with E-state index in [9.17, 15) is 14.7 Å². The van der Waals surface area contributed by atoms with E-state index in [-0.39, 0.29) is 6.54 Å². The number of anilines is 1. The van der Waals surface area contributed by atoms with Crippen molar-refractivity contribution >= 4 is 17.6 Å². The molecule has 0 aliphatic heterocycles. The lowest BCUT2D eigenvalue weighted by molar-refractivity contribution is -0.118. The summed E-state index contributed by atoms with van der Waals surface area (Å²) in [5, 5.41) is 14.6. The van der Waals surface area contributed by atoms with E-state index >= 15 is 0 Å². The molecule has 0 aliphatic rings. The number of amides is 3. The van der Waals surface area contributed by atoms with Crippen LogP contribution in [0.25, 0.3) is 0 Å². The first-order valence-corrected chi connectivity index (χ1v) is 7.12. The molecular formula is C15H23N3O3. The van der Waals surface area contributed by atoms with E-state index in [1.807, 2.05) is 37.3 Å². The molecule has 6 nitrogen and oxygen atoms in total. The number of carbonyl (C=O) groups is 2. The number of hydrogen-bond acceptors (Lipinski definition) is 4. The van der Waals surface area contributed by atoms with Crippen LogP contribution < -0.4 is 15.5 Å². The van der Waals surface area contributed by atoms with E-state index in [2.05, 4.69) is 10.6 Å². The highest BCUT2D eigenvalue weighted by Crippen LogP contribution is 2.13. The second-order valence-corrected chi connectivity index (χ2v) is 4.69. The van der Waals surface area contributed by atoms with Crippen LogP contribution in [0, 0.1) is 0 Å². The molecular weight excluding hydrogens is 270 g/mol. The standard InChI is InChI=1S/C15H23N3O3/c1-3-13(19)10-18(12-8-6-5-7-9-12)11-14(20)17-15(21)16-4-2/h5-9,13,19H,3-4,10-11H2,1-2H3,(H2,16,17,20,21). The van der Waals surface area contributed by atoms with Crippen molar-refractivity contribution in [2.45, 2.75) is 26.4 Å². The molecule has 0 saturated carbocycles. The zero-order valence-corrected chi connectivity index (χ0v) is 12.5. The molecule has 0 spiro atoms. The molecule has 6 heteroatoms. The summed E-state index contributed by atoms with van der Waals surface area (Å²) in [5.41, 5.74) is 0.830. The maximum Gasteiger partial charge on any atom is 0.321 e. The molecule has 3 amide bonds. The Bertz CT molecular complexity index is 451. The van der Waals surface area contributed by atoms with Gasteiger partial charge in [0.1, 0.15) is 0 Å². The minimum Gasteiger partial charge on any atom is -0.391 e. The number of carbonyl (C=O) groups excluding carboxylic acids is 2. The van der Waals surface area contributed by atoms with Gasteiger partial charge < -0.3 is 15.3 Å². The Morgan fingerprint density at radius 1 is 1.24 bits per heavy atom. The molecule has 0 radical (unpaired) electrons. The highest BCUT2D eigenvalue weighted by Gasteiger charge is 2.16. The van der Waals surface area contributed by atoms with Gasteiger partial charge in [-0.3, -0.25) is 10.1 Å². The molecule has 1 atom stereocenters. The molecule has 116 valence electrons. The van der Waals surface area contributed by atoms with E-state index in [0.717, 1.165) is 5.69 Å². The third kappa shape index (κ3) is 6.27. The second kappa shape index (κ2) is 8.97. The normalized spacial score (nSPS) is 11.6. The van der Waals surface area contributed by atoms with Gasteiger partial charge in [0.05, 0.1) is 12.6 Å². The highest BCUT2D eigenvalue weighted by atomic mass is 16.3. The van der Waals surface area contributed by atoms with Gasteiger partial charge in [0.25, 0.3) is 0 Å². The number of aliphatic hydroxyl groups excluding tert-OH is 1. The predicted octanol–water partition coefficient (Wildman–Crippen LogP) is 1.11. The average molecular weight is 293 g/mol. The minimum absolute atomic E-state index is 0.0121.